The van der Waals surface area contributed by atoms with Gasteiger partial charge >= 0.3 is 5.97 Å². The SMILES string of the molecule is Nc1ccccc1C(=O)Nc1ccc(C(=O)O)c(O)c1. The summed E-state index contributed by atoms with van der Waals surface area (Å²) in [5, 5.41) is 20.9. The molecule has 2 aromatic rings. The average molecular weight is 272 g/mol. The van der Waals surface area contributed by atoms with E-state index in [1.165, 1.54) is 18.2 Å². The Bertz CT molecular complexity index is 683. The summed E-state index contributed by atoms with van der Waals surface area (Å²) in [6, 6.07) is 10.3. The summed E-state index contributed by atoms with van der Waals surface area (Å²) in [4.78, 5) is 22.7. The molecule has 0 saturated heterocycles. The van der Waals surface area contributed by atoms with Gasteiger partial charge in [-0.05, 0) is 24.3 Å². The van der Waals surface area contributed by atoms with E-state index < -0.39 is 17.6 Å². The van der Waals surface area contributed by atoms with E-state index in [4.69, 9.17) is 10.8 Å². The minimum absolute atomic E-state index is 0.234. The van der Waals surface area contributed by atoms with Gasteiger partial charge in [-0.1, -0.05) is 12.1 Å². The molecule has 0 unspecified atom stereocenters. The number of aromatic carboxylic acids is 1. The molecule has 0 aliphatic carbocycles. The predicted molar refractivity (Wildman–Crippen MR) is 73.9 cm³/mol. The van der Waals surface area contributed by atoms with Gasteiger partial charge in [0.25, 0.3) is 5.91 Å². The predicted octanol–water partition coefficient (Wildman–Crippen LogP) is 1.92. The van der Waals surface area contributed by atoms with Gasteiger partial charge in [0, 0.05) is 17.4 Å². The zero-order valence-electron chi connectivity index (χ0n) is 10.3. The van der Waals surface area contributed by atoms with Gasteiger partial charge in [0.15, 0.2) is 0 Å². The maximum absolute atomic E-state index is 12.0. The van der Waals surface area contributed by atoms with E-state index >= 15 is 0 Å². The van der Waals surface area contributed by atoms with Gasteiger partial charge in [-0.3, -0.25) is 4.79 Å². The van der Waals surface area contributed by atoms with E-state index in [9.17, 15) is 14.7 Å². The first-order chi connectivity index (χ1) is 9.49. The van der Waals surface area contributed by atoms with Crippen molar-refractivity contribution in [3.63, 3.8) is 0 Å². The van der Waals surface area contributed by atoms with Crippen molar-refractivity contribution in [2.24, 2.45) is 0 Å². The van der Waals surface area contributed by atoms with Crippen LogP contribution in [0.2, 0.25) is 0 Å². The Hall–Kier alpha value is -3.02. The molecule has 0 heterocycles. The van der Waals surface area contributed by atoms with Crippen molar-refractivity contribution in [1.29, 1.82) is 0 Å². The van der Waals surface area contributed by atoms with E-state index in [1.54, 1.807) is 24.3 Å². The van der Waals surface area contributed by atoms with Crippen LogP contribution < -0.4 is 11.1 Å². The molecule has 5 N–H and O–H groups in total. The number of benzene rings is 2. The molecule has 0 fully saturated rings. The topological polar surface area (TPSA) is 113 Å². The number of nitrogens with one attached hydrogen (secondary N) is 1. The number of amides is 1. The standard InChI is InChI=1S/C14H12N2O4/c15-11-4-2-1-3-9(11)13(18)16-8-5-6-10(14(19)20)12(17)7-8/h1-7,17H,15H2,(H,16,18)(H,19,20). The number of carbonyl (C=O) groups is 2. The van der Waals surface area contributed by atoms with Gasteiger partial charge < -0.3 is 21.3 Å². The van der Waals surface area contributed by atoms with Crippen molar-refractivity contribution >= 4 is 23.3 Å². The summed E-state index contributed by atoms with van der Waals surface area (Å²) in [6.45, 7) is 0. The van der Waals surface area contributed by atoms with Crippen molar-refractivity contribution in [3.05, 3.63) is 53.6 Å². The molecule has 6 heteroatoms. The quantitative estimate of drug-likeness (QED) is 0.638. The second-order valence-corrected chi connectivity index (χ2v) is 4.08. The molecule has 1 amide bonds. The number of anilines is 2. The number of carboxylic acid groups (broad SMARTS) is 1. The Labute approximate surface area is 114 Å². The molecular weight excluding hydrogens is 260 g/mol. The Kier molecular flexibility index (Phi) is 3.56. The molecule has 0 aliphatic heterocycles. The first-order valence-electron chi connectivity index (χ1n) is 5.71. The van der Waals surface area contributed by atoms with Gasteiger partial charge in [-0.25, -0.2) is 4.79 Å². The van der Waals surface area contributed by atoms with Gasteiger partial charge in [-0.2, -0.15) is 0 Å². The lowest BCUT2D eigenvalue weighted by atomic mass is 10.1. The summed E-state index contributed by atoms with van der Waals surface area (Å²) in [5.41, 5.74) is 6.36. The Morgan fingerprint density at radius 2 is 1.75 bits per heavy atom. The molecular formula is C14H12N2O4. The summed E-state index contributed by atoms with van der Waals surface area (Å²) < 4.78 is 0. The van der Waals surface area contributed by atoms with Crippen LogP contribution in [0, 0.1) is 0 Å². The molecule has 2 aromatic carbocycles. The third kappa shape index (κ3) is 2.69. The molecule has 0 saturated carbocycles. The zero-order chi connectivity index (χ0) is 14.7. The van der Waals surface area contributed by atoms with Crippen LogP contribution in [0.1, 0.15) is 20.7 Å². The van der Waals surface area contributed by atoms with Crippen molar-refractivity contribution in [2.45, 2.75) is 0 Å². The van der Waals surface area contributed by atoms with E-state index in [-0.39, 0.29) is 11.3 Å². The van der Waals surface area contributed by atoms with Crippen LogP contribution in [0.4, 0.5) is 11.4 Å². The molecule has 0 atom stereocenters. The van der Waals surface area contributed by atoms with Crippen LogP contribution in [0.3, 0.4) is 0 Å². The number of nitrogen functional groups attached to an aromatic ring is 1. The minimum atomic E-state index is -1.24. The third-order valence-corrected chi connectivity index (χ3v) is 2.69. The molecule has 102 valence electrons. The number of hydrogen-bond acceptors (Lipinski definition) is 4. The molecule has 0 radical (unpaired) electrons. The number of para-hydroxylation sites is 1. The molecule has 0 bridgehead atoms. The van der Waals surface area contributed by atoms with E-state index in [1.807, 2.05) is 0 Å². The summed E-state index contributed by atoms with van der Waals surface area (Å²) in [6.07, 6.45) is 0. The maximum Gasteiger partial charge on any atom is 0.339 e. The van der Waals surface area contributed by atoms with Crippen LogP contribution in [0.15, 0.2) is 42.5 Å². The minimum Gasteiger partial charge on any atom is -0.507 e. The fourth-order valence-electron chi connectivity index (χ4n) is 1.69. The fourth-order valence-corrected chi connectivity index (χ4v) is 1.69. The highest BCUT2D eigenvalue weighted by molar-refractivity contribution is 6.08. The van der Waals surface area contributed by atoms with E-state index in [0.717, 1.165) is 0 Å². The summed E-state index contributed by atoms with van der Waals surface area (Å²) in [5.74, 6) is -2.10. The highest BCUT2D eigenvalue weighted by atomic mass is 16.4. The van der Waals surface area contributed by atoms with E-state index in [0.29, 0.717) is 11.3 Å². The first kappa shape index (κ1) is 13.4. The number of aromatic hydroxyl groups is 1. The number of hydrogen-bond donors (Lipinski definition) is 4. The molecule has 0 aliphatic rings. The number of rotatable bonds is 3. The largest absolute Gasteiger partial charge is 0.507 e. The van der Waals surface area contributed by atoms with Gasteiger partial charge in [0.2, 0.25) is 0 Å². The van der Waals surface area contributed by atoms with Crippen LogP contribution in [-0.4, -0.2) is 22.1 Å². The lowest BCUT2D eigenvalue weighted by molar-refractivity contribution is 0.0693. The Balaban J connectivity index is 2.23. The fraction of sp³-hybridized carbons (Fsp3) is 0. The van der Waals surface area contributed by atoms with Crippen molar-refractivity contribution in [3.8, 4) is 5.75 Å². The van der Waals surface area contributed by atoms with Crippen molar-refractivity contribution in [2.75, 3.05) is 11.1 Å². The highest BCUT2D eigenvalue weighted by Crippen LogP contribution is 2.23. The average Bonchev–Trinajstić information content (AvgIpc) is 2.38. The van der Waals surface area contributed by atoms with Crippen molar-refractivity contribution < 1.29 is 19.8 Å². The summed E-state index contributed by atoms with van der Waals surface area (Å²) in [7, 11) is 0. The molecule has 20 heavy (non-hydrogen) atoms. The second-order valence-electron chi connectivity index (χ2n) is 4.08. The van der Waals surface area contributed by atoms with Crippen molar-refractivity contribution in [1.82, 2.24) is 0 Å². The molecule has 6 nitrogen and oxygen atoms in total. The van der Waals surface area contributed by atoms with Gasteiger partial charge in [-0.15, -0.1) is 0 Å². The maximum atomic E-state index is 12.0. The van der Waals surface area contributed by atoms with Crippen LogP contribution in [0.5, 0.6) is 5.75 Å². The number of carboxylic acids is 1. The van der Waals surface area contributed by atoms with Gasteiger partial charge in [0.1, 0.15) is 11.3 Å². The van der Waals surface area contributed by atoms with Crippen LogP contribution >= 0.6 is 0 Å². The molecule has 2 rings (SSSR count). The highest BCUT2D eigenvalue weighted by Gasteiger charge is 2.12. The Morgan fingerprint density at radius 1 is 1.05 bits per heavy atom. The lowest BCUT2D eigenvalue weighted by Crippen LogP contribution is -2.14. The number of carbonyl (C=O) groups excluding carboxylic acids is 1. The molecule has 0 aromatic heterocycles. The second kappa shape index (κ2) is 5.31. The van der Waals surface area contributed by atoms with E-state index in [2.05, 4.69) is 5.32 Å². The monoisotopic (exact) mass is 272 g/mol. The zero-order valence-corrected chi connectivity index (χ0v) is 10.3. The normalized spacial score (nSPS) is 10.0. The number of phenols is 1. The van der Waals surface area contributed by atoms with Gasteiger partial charge in [0.05, 0.1) is 5.56 Å². The smallest absolute Gasteiger partial charge is 0.339 e. The Morgan fingerprint density at radius 3 is 2.35 bits per heavy atom. The number of nitrogens with two attached hydrogens (primary N) is 1. The molecule has 0 spiro atoms. The first-order valence-corrected chi connectivity index (χ1v) is 5.71. The third-order valence-electron chi connectivity index (χ3n) is 2.69. The van der Waals surface area contributed by atoms with Crippen LogP contribution in [-0.2, 0) is 0 Å². The summed E-state index contributed by atoms with van der Waals surface area (Å²) >= 11 is 0. The van der Waals surface area contributed by atoms with Crippen LogP contribution in [0.25, 0.3) is 0 Å². The lowest BCUT2D eigenvalue weighted by Gasteiger charge is -2.08.